The molecule has 1 amide bonds. The molecule has 138 valence electrons. The highest BCUT2D eigenvalue weighted by atomic mass is 28.4. The largest absolute Gasteiger partial charge is 0.444 e. The molecule has 0 aromatic carbocycles. The molecule has 7 heteroatoms. The Morgan fingerprint density at radius 2 is 1.67 bits per heavy atom. The number of carbonyl (C=O) groups excluding carboxylic acids is 3. The SMILES string of the molecule is CC[Si](CC)(CC)OC1CC(C=O)N(C(=O)OC(C)(C)C)C1C=O. The van der Waals surface area contributed by atoms with E-state index in [4.69, 9.17) is 9.16 Å². The monoisotopic (exact) mass is 357 g/mol. The third-order valence-corrected chi connectivity index (χ3v) is 9.44. The Balaban J connectivity index is 3.04. The summed E-state index contributed by atoms with van der Waals surface area (Å²) in [6.07, 6.45) is 0.687. The van der Waals surface area contributed by atoms with Crippen LogP contribution in [0.4, 0.5) is 4.79 Å². The van der Waals surface area contributed by atoms with Crippen molar-refractivity contribution in [2.24, 2.45) is 0 Å². The minimum Gasteiger partial charge on any atom is -0.444 e. The molecule has 0 saturated carbocycles. The van der Waals surface area contributed by atoms with Crippen molar-refractivity contribution in [2.75, 3.05) is 0 Å². The number of ether oxygens (including phenoxy) is 1. The number of hydrogen-bond acceptors (Lipinski definition) is 5. The van der Waals surface area contributed by atoms with Gasteiger partial charge in [-0.25, -0.2) is 4.79 Å². The fourth-order valence-corrected chi connectivity index (χ4v) is 6.05. The average Bonchev–Trinajstić information content (AvgIpc) is 2.88. The van der Waals surface area contributed by atoms with E-state index in [1.807, 2.05) is 0 Å². The fourth-order valence-electron chi connectivity index (χ4n) is 3.18. The molecule has 0 aromatic heterocycles. The van der Waals surface area contributed by atoms with Crippen molar-refractivity contribution in [3.63, 3.8) is 0 Å². The number of rotatable bonds is 7. The predicted molar refractivity (Wildman–Crippen MR) is 94.5 cm³/mol. The van der Waals surface area contributed by atoms with Gasteiger partial charge in [-0.05, 0) is 38.9 Å². The Hall–Kier alpha value is -1.21. The zero-order chi connectivity index (χ0) is 18.5. The van der Waals surface area contributed by atoms with E-state index in [2.05, 4.69) is 20.8 Å². The second-order valence-corrected chi connectivity index (χ2v) is 12.1. The van der Waals surface area contributed by atoms with E-state index < -0.39 is 38.2 Å². The lowest BCUT2D eigenvalue weighted by Crippen LogP contribution is -2.49. The van der Waals surface area contributed by atoms with Gasteiger partial charge < -0.3 is 18.8 Å². The molecule has 1 aliphatic rings. The lowest BCUT2D eigenvalue weighted by molar-refractivity contribution is -0.116. The second-order valence-electron chi connectivity index (χ2n) is 7.35. The maximum Gasteiger partial charge on any atom is 0.411 e. The third-order valence-electron chi connectivity index (χ3n) is 4.77. The van der Waals surface area contributed by atoms with Crippen LogP contribution in [0.25, 0.3) is 0 Å². The lowest BCUT2D eigenvalue weighted by Gasteiger charge is -2.34. The summed E-state index contributed by atoms with van der Waals surface area (Å²) in [4.78, 5) is 36.8. The van der Waals surface area contributed by atoms with Crippen LogP contribution in [0.1, 0.15) is 48.0 Å². The highest BCUT2D eigenvalue weighted by molar-refractivity contribution is 6.73. The number of likely N-dealkylation sites (tertiary alicyclic amines) is 1. The van der Waals surface area contributed by atoms with Crippen LogP contribution in [0.2, 0.25) is 18.1 Å². The first-order valence-corrected chi connectivity index (χ1v) is 11.3. The lowest BCUT2D eigenvalue weighted by atomic mass is 10.1. The highest BCUT2D eigenvalue weighted by Crippen LogP contribution is 2.32. The van der Waals surface area contributed by atoms with Crippen LogP contribution in [0, 0.1) is 0 Å². The van der Waals surface area contributed by atoms with Crippen LogP contribution in [-0.4, -0.2) is 55.7 Å². The Kier molecular flexibility index (Phi) is 7.16. The molecule has 24 heavy (non-hydrogen) atoms. The summed E-state index contributed by atoms with van der Waals surface area (Å²) in [7, 11) is -1.95. The molecule has 1 aliphatic heterocycles. The first kappa shape index (κ1) is 20.8. The molecule has 0 N–H and O–H groups in total. The normalized spacial score (nSPS) is 24.8. The van der Waals surface area contributed by atoms with Crippen molar-refractivity contribution in [2.45, 2.75) is 89.9 Å². The Bertz CT molecular complexity index is 450. The standard InChI is InChI=1S/C17H31NO5Si/c1-7-24(8-2,9-3)23-15-10-13(11-19)18(14(15)12-20)16(21)22-17(4,5)6/h11-15H,7-10H2,1-6H3. The highest BCUT2D eigenvalue weighted by Gasteiger charge is 2.48. The Labute approximate surface area is 146 Å². The summed E-state index contributed by atoms with van der Waals surface area (Å²) >= 11 is 0. The number of nitrogens with zero attached hydrogens (tertiary/aromatic N) is 1. The van der Waals surface area contributed by atoms with Gasteiger partial charge in [-0.1, -0.05) is 20.8 Å². The maximum absolute atomic E-state index is 12.5. The molecule has 6 nitrogen and oxygen atoms in total. The third kappa shape index (κ3) is 4.66. The summed E-state index contributed by atoms with van der Waals surface area (Å²) < 4.78 is 11.8. The van der Waals surface area contributed by atoms with E-state index in [-0.39, 0.29) is 0 Å². The van der Waals surface area contributed by atoms with Crippen LogP contribution >= 0.6 is 0 Å². The second kappa shape index (κ2) is 8.25. The van der Waals surface area contributed by atoms with Crippen molar-refractivity contribution in [1.29, 1.82) is 0 Å². The average molecular weight is 358 g/mol. The van der Waals surface area contributed by atoms with Gasteiger partial charge in [0.2, 0.25) is 0 Å². The summed E-state index contributed by atoms with van der Waals surface area (Å²) in [6, 6.07) is 1.38. The molecule has 1 rings (SSSR count). The minimum atomic E-state index is -1.95. The van der Waals surface area contributed by atoms with E-state index in [1.165, 1.54) is 4.90 Å². The summed E-state index contributed by atoms with van der Waals surface area (Å²) in [5, 5.41) is 0. The van der Waals surface area contributed by atoms with Gasteiger partial charge in [-0.2, -0.15) is 0 Å². The van der Waals surface area contributed by atoms with Gasteiger partial charge in [0.15, 0.2) is 8.32 Å². The predicted octanol–water partition coefficient (Wildman–Crippen LogP) is 3.15. The summed E-state index contributed by atoms with van der Waals surface area (Å²) in [5.41, 5.74) is -0.689. The van der Waals surface area contributed by atoms with Gasteiger partial charge in [0.25, 0.3) is 0 Å². The number of aldehydes is 2. The van der Waals surface area contributed by atoms with Crippen LogP contribution < -0.4 is 0 Å². The summed E-state index contributed by atoms with van der Waals surface area (Å²) in [5.74, 6) is 0. The van der Waals surface area contributed by atoms with Crippen LogP contribution in [0.5, 0.6) is 0 Å². The van der Waals surface area contributed by atoms with Crippen molar-refractivity contribution in [3.8, 4) is 0 Å². The van der Waals surface area contributed by atoms with Gasteiger partial charge >= 0.3 is 6.09 Å². The molecular formula is C17H31NO5Si. The van der Waals surface area contributed by atoms with Crippen molar-refractivity contribution in [3.05, 3.63) is 0 Å². The molecule has 0 aromatic rings. The van der Waals surface area contributed by atoms with Gasteiger partial charge in [-0.3, -0.25) is 4.90 Å². The topological polar surface area (TPSA) is 72.9 Å². The summed E-state index contributed by atoms with van der Waals surface area (Å²) in [6.45, 7) is 11.6. The van der Waals surface area contributed by atoms with Crippen molar-refractivity contribution in [1.82, 2.24) is 4.90 Å². The van der Waals surface area contributed by atoms with Gasteiger partial charge in [0.1, 0.15) is 24.2 Å². The van der Waals surface area contributed by atoms with Gasteiger partial charge in [-0.15, -0.1) is 0 Å². The maximum atomic E-state index is 12.5. The zero-order valence-corrected chi connectivity index (χ0v) is 16.7. The first-order valence-electron chi connectivity index (χ1n) is 8.76. The van der Waals surface area contributed by atoms with Crippen molar-refractivity contribution >= 4 is 27.0 Å². The molecule has 1 saturated heterocycles. The quantitative estimate of drug-likeness (QED) is 0.517. The van der Waals surface area contributed by atoms with Gasteiger partial charge in [0.05, 0.1) is 12.1 Å². The van der Waals surface area contributed by atoms with E-state index in [1.54, 1.807) is 20.8 Å². The smallest absolute Gasteiger partial charge is 0.411 e. The van der Waals surface area contributed by atoms with Crippen LogP contribution in [0.3, 0.4) is 0 Å². The number of amides is 1. The molecular weight excluding hydrogens is 326 g/mol. The molecule has 3 unspecified atom stereocenters. The fraction of sp³-hybridized carbons (Fsp3) is 0.824. The molecule has 1 heterocycles. The molecule has 0 aliphatic carbocycles. The number of carbonyl (C=O) groups is 3. The molecule has 0 spiro atoms. The minimum absolute atomic E-state index is 0.348. The molecule has 3 atom stereocenters. The molecule has 0 radical (unpaired) electrons. The zero-order valence-electron chi connectivity index (χ0n) is 15.7. The Morgan fingerprint density at radius 3 is 2.04 bits per heavy atom. The van der Waals surface area contributed by atoms with Crippen LogP contribution in [-0.2, 0) is 18.8 Å². The van der Waals surface area contributed by atoms with Crippen LogP contribution in [0.15, 0.2) is 0 Å². The van der Waals surface area contributed by atoms with Gasteiger partial charge in [0, 0.05) is 6.42 Å². The molecule has 0 bridgehead atoms. The molecule has 1 fully saturated rings. The van der Waals surface area contributed by atoms with E-state index in [0.717, 1.165) is 18.1 Å². The Morgan fingerprint density at radius 1 is 1.12 bits per heavy atom. The van der Waals surface area contributed by atoms with E-state index in [9.17, 15) is 14.4 Å². The van der Waals surface area contributed by atoms with E-state index in [0.29, 0.717) is 19.0 Å². The van der Waals surface area contributed by atoms with E-state index >= 15 is 0 Å². The number of hydrogen-bond donors (Lipinski definition) is 0. The first-order chi connectivity index (χ1) is 11.2. The van der Waals surface area contributed by atoms with Crippen molar-refractivity contribution < 1.29 is 23.5 Å².